The second-order valence-corrected chi connectivity index (χ2v) is 3.72. The summed E-state index contributed by atoms with van der Waals surface area (Å²) in [4.78, 5) is 3.96. The molecule has 0 aliphatic rings. The summed E-state index contributed by atoms with van der Waals surface area (Å²) in [5.41, 5.74) is 0.767. The van der Waals surface area contributed by atoms with Crippen molar-refractivity contribution < 1.29 is 4.39 Å². The van der Waals surface area contributed by atoms with Gasteiger partial charge >= 0.3 is 0 Å². The van der Waals surface area contributed by atoms with Gasteiger partial charge in [0.1, 0.15) is 5.82 Å². The second kappa shape index (κ2) is 5.59. The lowest BCUT2D eigenvalue weighted by molar-refractivity contribution is 0.610. The highest BCUT2D eigenvalue weighted by Gasteiger charge is 2.09. The van der Waals surface area contributed by atoms with E-state index in [1.807, 2.05) is 39.8 Å². The first kappa shape index (κ1) is 12.6. The Morgan fingerprint density at radius 2 is 1.81 bits per heavy atom. The monoisotopic (exact) mass is 219 g/mol. The predicted octanol–water partition coefficient (Wildman–Crippen LogP) is 4.52. The summed E-state index contributed by atoms with van der Waals surface area (Å²) in [6.45, 7) is 7.98. The average molecular weight is 219 g/mol. The number of hydrogen-bond acceptors (Lipinski definition) is 1. The molecule has 1 aromatic heterocycles. The molecule has 0 fully saturated rings. The third kappa shape index (κ3) is 2.38. The molecule has 16 heavy (non-hydrogen) atoms. The van der Waals surface area contributed by atoms with E-state index in [0.29, 0.717) is 5.39 Å². The zero-order chi connectivity index (χ0) is 12.1. The van der Waals surface area contributed by atoms with Gasteiger partial charge in [0, 0.05) is 23.2 Å². The quantitative estimate of drug-likeness (QED) is 0.687. The fourth-order valence-electron chi connectivity index (χ4n) is 1.59. The molecule has 0 amide bonds. The van der Waals surface area contributed by atoms with E-state index >= 15 is 0 Å². The van der Waals surface area contributed by atoms with E-state index < -0.39 is 0 Å². The van der Waals surface area contributed by atoms with Crippen LogP contribution in [0.4, 0.5) is 4.39 Å². The van der Waals surface area contributed by atoms with Crippen LogP contribution in [0.5, 0.6) is 0 Å². The first-order chi connectivity index (χ1) is 7.70. The minimum Gasteiger partial charge on any atom is -0.264 e. The number of benzene rings is 1. The SMILES string of the molecule is CC.CC(C)c1ccc2cnccc2c1F. The van der Waals surface area contributed by atoms with Gasteiger partial charge in [0.2, 0.25) is 0 Å². The Bertz CT molecular complexity index is 463. The Kier molecular flexibility index (Phi) is 4.41. The van der Waals surface area contributed by atoms with Crippen molar-refractivity contribution in [3.8, 4) is 0 Å². The maximum atomic E-state index is 13.9. The predicted molar refractivity (Wildman–Crippen MR) is 67.1 cm³/mol. The molecular weight excluding hydrogens is 201 g/mol. The van der Waals surface area contributed by atoms with Crippen LogP contribution in [0, 0.1) is 5.82 Å². The summed E-state index contributed by atoms with van der Waals surface area (Å²) in [6.07, 6.45) is 3.30. The number of halogens is 1. The Morgan fingerprint density at radius 3 is 2.44 bits per heavy atom. The van der Waals surface area contributed by atoms with E-state index in [1.165, 1.54) is 0 Å². The summed E-state index contributed by atoms with van der Waals surface area (Å²) in [5.74, 6) is 0.104. The molecule has 1 nitrogen and oxygen atoms in total. The van der Waals surface area contributed by atoms with Crippen LogP contribution in [-0.4, -0.2) is 4.98 Å². The van der Waals surface area contributed by atoms with Crippen LogP contribution in [0.1, 0.15) is 39.2 Å². The van der Waals surface area contributed by atoms with E-state index in [-0.39, 0.29) is 11.7 Å². The summed E-state index contributed by atoms with van der Waals surface area (Å²) in [5, 5.41) is 1.51. The molecule has 2 heteroatoms. The van der Waals surface area contributed by atoms with Crippen LogP contribution >= 0.6 is 0 Å². The van der Waals surface area contributed by atoms with E-state index in [9.17, 15) is 4.39 Å². The number of rotatable bonds is 1. The topological polar surface area (TPSA) is 12.9 Å². The maximum absolute atomic E-state index is 13.9. The number of pyridine rings is 1. The van der Waals surface area contributed by atoms with E-state index in [0.717, 1.165) is 10.9 Å². The molecule has 0 saturated heterocycles. The van der Waals surface area contributed by atoms with Crippen LogP contribution < -0.4 is 0 Å². The molecule has 1 heterocycles. The minimum atomic E-state index is -0.111. The molecule has 1 aromatic carbocycles. The minimum absolute atomic E-state index is 0.111. The lowest BCUT2D eigenvalue weighted by Gasteiger charge is -2.08. The highest BCUT2D eigenvalue weighted by molar-refractivity contribution is 5.82. The molecule has 0 saturated carbocycles. The molecule has 0 atom stereocenters. The van der Waals surface area contributed by atoms with Crippen molar-refractivity contribution in [3.63, 3.8) is 0 Å². The Labute approximate surface area is 96.3 Å². The van der Waals surface area contributed by atoms with Gasteiger partial charge in [-0.3, -0.25) is 4.98 Å². The van der Waals surface area contributed by atoms with Crippen molar-refractivity contribution in [2.75, 3.05) is 0 Å². The van der Waals surface area contributed by atoms with Crippen molar-refractivity contribution >= 4 is 10.8 Å². The zero-order valence-corrected chi connectivity index (χ0v) is 10.3. The van der Waals surface area contributed by atoms with Crippen molar-refractivity contribution in [1.29, 1.82) is 0 Å². The molecule has 2 aromatic rings. The van der Waals surface area contributed by atoms with Gasteiger partial charge in [-0.25, -0.2) is 4.39 Å². The molecule has 86 valence electrons. The van der Waals surface area contributed by atoms with Crippen LogP contribution in [0.15, 0.2) is 30.6 Å². The molecule has 0 N–H and O–H groups in total. The highest BCUT2D eigenvalue weighted by atomic mass is 19.1. The summed E-state index contributed by atoms with van der Waals surface area (Å²) in [7, 11) is 0. The van der Waals surface area contributed by atoms with Gasteiger partial charge in [0.25, 0.3) is 0 Å². The third-order valence-electron chi connectivity index (χ3n) is 2.41. The average Bonchev–Trinajstić information content (AvgIpc) is 2.32. The molecule has 0 bridgehead atoms. The van der Waals surface area contributed by atoms with Gasteiger partial charge in [-0.15, -0.1) is 0 Å². The number of hydrogen-bond donors (Lipinski definition) is 0. The van der Waals surface area contributed by atoms with E-state index in [2.05, 4.69) is 4.98 Å². The normalized spacial score (nSPS) is 10.1. The van der Waals surface area contributed by atoms with Crippen molar-refractivity contribution in [2.24, 2.45) is 0 Å². The van der Waals surface area contributed by atoms with Crippen LogP contribution in [-0.2, 0) is 0 Å². The van der Waals surface area contributed by atoms with Crippen molar-refractivity contribution in [1.82, 2.24) is 4.98 Å². The standard InChI is InChI=1S/C12H12FN.C2H6/c1-8(2)10-4-3-9-7-14-6-5-11(9)12(10)13;1-2/h3-8H,1-2H3;1-2H3. The zero-order valence-electron chi connectivity index (χ0n) is 10.3. The van der Waals surface area contributed by atoms with Gasteiger partial charge in [-0.2, -0.15) is 0 Å². The molecule has 0 spiro atoms. The lowest BCUT2D eigenvalue weighted by atomic mass is 9.99. The fraction of sp³-hybridized carbons (Fsp3) is 0.357. The molecule has 0 unspecified atom stereocenters. The molecule has 0 aliphatic heterocycles. The van der Waals surface area contributed by atoms with Gasteiger partial charge in [0.15, 0.2) is 0 Å². The third-order valence-corrected chi connectivity index (χ3v) is 2.41. The Hall–Kier alpha value is -1.44. The second-order valence-electron chi connectivity index (χ2n) is 3.72. The van der Waals surface area contributed by atoms with E-state index in [1.54, 1.807) is 18.5 Å². The fourth-order valence-corrected chi connectivity index (χ4v) is 1.59. The van der Waals surface area contributed by atoms with Crippen molar-refractivity contribution in [2.45, 2.75) is 33.6 Å². The first-order valence-corrected chi connectivity index (χ1v) is 5.72. The molecule has 2 rings (SSSR count). The van der Waals surface area contributed by atoms with Crippen LogP contribution in [0.2, 0.25) is 0 Å². The number of fused-ring (bicyclic) bond motifs is 1. The summed E-state index contributed by atoms with van der Waals surface area (Å²) >= 11 is 0. The van der Waals surface area contributed by atoms with Gasteiger partial charge in [-0.1, -0.05) is 39.8 Å². The van der Waals surface area contributed by atoms with Gasteiger partial charge in [0.05, 0.1) is 0 Å². The number of nitrogens with zero attached hydrogens (tertiary/aromatic N) is 1. The lowest BCUT2D eigenvalue weighted by Crippen LogP contribution is -1.93. The molecule has 0 radical (unpaired) electrons. The largest absolute Gasteiger partial charge is 0.264 e. The first-order valence-electron chi connectivity index (χ1n) is 5.72. The van der Waals surface area contributed by atoms with Crippen molar-refractivity contribution in [3.05, 3.63) is 42.0 Å². The van der Waals surface area contributed by atoms with E-state index in [4.69, 9.17) is 0 Å². The van der Waals surface area contributed by atoms with Crippen LogP contribution in [0.3, 0.4) is 0 Å². The molecule has 0 aliphatic carbocycles. The van der Waals surface area contributed by atoms with Gasteiger partial charge in [-0.05, 0) is 17.5 Å². The number of aromatic nitrogens is 1. The van der Waals surface area contributed by atoms with Gasteiger partial charge < -0.3 is 0 Å². The summed E-state index contributed by atoms with van der Waals surface area (Å²) < 4.78 is 13.9. The smallest absolute Gasteiger partial charge is 0.134 e. The van der Waals surface area contributed by atoms with Crippen LogP contribution in [0.25, 0.3) is 10.8 Å². The highest BCUT2D eigenvalue weighted by Crippen LogP contribution is 2.25. The summed E-state index contributed by atoms with van der Waals surface area (Å²) in [6, 6.07) is 5.47. The maximum Gasteiger partial charge on any atom is 0.134 e. The Morgan fingerprint density at radius 1 is 1.12 bits per heavy atom. The molecular formula is C14H18FN. The Balaban J connectivity index is 0.000000606.